The van der Waals surface area contributed by atoms with Crippen molar-refractivity contribution in [1.82, 2.24) is 0 Å². The number of carbonyl (C=O) groups is 1. The zero-order chi connectivity index (χ0) is 24.0. The molecule has 0 heterocycles. The lowest BCUT2D eigenvalue weighted by molar-refractivity contribution is -0.138. The topological polar surface area (TPSA) is 46.5 Å². The summed E-state index contributed by atoms with van der Waals surface area (Å²) in [5, 5.41) is 10.7. The normalized spacial score (nSPS) is 48.8. The second kappa shape index (κ2) is 7.75. The monoisotopic (exact) mass is 472 g/mol. The quantitative estimate of drug-likeness (QED) is 0.582. The largest absolute Gasteiger partial charge is 0.483 e. The van der Waals surface area contributed by atoms with Gasteiger partial charge in [0.05, 0.1) is 5.60 Å². The van der Waals surface area contributed by atoms with Gasteiger partial charge in [-0.3, -0.25) is 4.79 Å². The summed E-state index contributed by atoms with van der Waals surface area (Å²) in [5.41, 5.74) is -0.500. The van der Waals surface area contributed by atoms with Crippen LogP contribution in [0.15, 0.2) is 18.2 Å². The van der Waals surface area contributed by atoms with Crippen molar-refractivity contribution in [3.63, 3.8) is 0 Å². The van der Waals surface area contributed by atoms with E-state index in [-0.39, 0.29) is 29.5 Å². The molecule has 5 fully saturated rings. The highest BCUT2D eigenvalue weighted by Gasteiger charge is 2.74. The summed E-state index contributed by atoms with van der Waals surface area (Å²) in [6.45, 7) is 6.53. The lowest BCUT2D eigenvalue weighted by Crippen LogP contribution is -2.52. The second-order valence-electron chi connectivity index (χ2n) is 13.0. The lowest BCUT2D eigenvalue weighted by atomic mass is 9.47. The Morgan fingerprint density at radius 2 is 1.82 bits per heavy atom. The number of halogens is 2. The minimum absolute atomic E-state index is 0.00219. The minimum atomic E-state index is -0.760. The highest BCUT2D eigenvalue weighted by molar-refractivity contribution is 5.85. The number of hydrogen-bond acceptors (Lipinski definition) is 3. The van der Waals surface area contributed by atoms with Crippen molar-refractivity contribution in [3.8, 4) is 5.75 Å². The Labute approximate surface area is 201 Å². The van der Waals surface area contributed by atoms with E-state index in [4.69, 9.17) is 4.74 Å². The molecule has 11 atom stereocenters. The highest BCUT2D eigenvalue weighted by atomic mass is 19.1. The van der Waals surface area contributed by atoms with Gasteiger partial charge in [-0.15, -0.1) is 0 Å². The Balaban J connectivity index is 1.20. The first kappa shape index (κ1) is 22.9. The van der Waals surface area contributed by atoms with Crippen molar-refractivity contribution in [2.45, 2.75) is 71.3 Å². The third-order valence-corrected chi connectivity index (χ3v) is 11.2. The first-order chi connectivity index (χ1) is 16.1. The van der Waals surface area contributed by atoms with E-state index in [9.17, 15) is 18.7 Å². The van der Waals surface area contributed by atoms with Crippen molar-refractivity contribution in [3.05, 3.63) is 29.8 Å². The molecule has 0 amide bonds. The van der Waals surface area contributed by atoms with Crippen molar-refractivity contribution >= 4 is 5.78 Å². The average Bonchev–Trinajstić information content (AvgIpc) is 3.29. The number of fused-ring (bicyclic) bond motifs is 7. The van der Waals surface area contributed by atoms with Crippen LogP contribution in [0.2, 0.25) is 0 Å². The Hall–Kier alpha value is -1.49. The molecule has 5 aliphatic rings. The first-order valence-electron chi connectivity index (χ1n) is 13.4. The number of ketones is 1. The van der Waals surface area contributed by atoms with Crippen LogP contribution in [0, 0.1) is 70.3 Å². The van der Waals surface area contributed by atoms with Gasteiger partial charge < -0.3 is 9.84 Å². The molecule has 0 spiro atoms. The van der Waals surface area contributed by atoms with Gasteiger partial charge in [0, 0.05) is 12.0 Å². The molecule has 0 aliphatic heterocycles. The molecule has 0 aromatic heterocycles. The fourth-order valence-corrected chi connectivity index (χ4v) is 9.92. The van der Waals surface area contributed by atoms with E-state index in [1.165, 1.54) is 25.3 Å². The van der Waals surface area contributed by atoms with Gasteiger partial charge in [0.1, 0.15) is 12.4 Å². The van der Waals surface area contributed by atoms with Crippen LogP contribution < -0.4 is 4.74 Å². The van der Waals surface area contributed by atoms with Gasteiger partial charge >= 0.3 is 0 Å². The molecule has 0 unspecified atom stereocenters. The molecular weight excluding hydrogens is 434 g/mol. The van der Waals surface area contributed by atoms with E-state index < -0.39 is 17.2 Å². The zero-order valence-electron chi connectivity index (χ0n) is 20.6. The van der Waals surface area contributed by atoms with Crippen LogP contribution in [-0.2, 0) is 4.79 Å². The smallest absolute Gasteiger partial charge is 0.174 e. The number of benzene rings is 1. The van der Waals surface area contributed by atoms with Gasteiger partial charge in [0.25, 0.3) is 0 Å². The summed E-state index contributed by atoms with van der Waals surface area (Å²) in [6, 6.07) is 3.23. The minimum Gasteiger partial charge on any atom is -0.483 e. The van der Waals surface area contributed by atoms with Crippen LogP contribution in [0.5, 0.6) is 5.75 Å². The van der Waals surface area contributed by atoms with Crippen LogP contribution in [-0.4, -0.2) is 23.1 Å². The molecule has 5 heteroatoms. The van der Waals surface area contributed by atoms with Gasteiger partial charge in [-0.05, 0) is 117 Å². The van der Waals surface area contributed by atoms with Gasteiger partial charge in [-0.1, -0.05) is 13.8 Å². The number of ether oxygens (including phenoxy) is 1. The summed E-state index contributed by atoms with van der Waals surface area (Å²) < 4.78 is 32.9. The van der Waals surface area contributed by atoms with E-state index in [1.54, 1.807) is 0 Å². The molecule has 1 N–H and O–H groups in total. The van der Waals surface area contributed by atoms with E-state index in [0.717, 1.165) is 49.7 Å². The van der Waals surface area contributed by atoms with Gasteiger partial charge in [-0.2, -0.15) is 0 Å². The average molecular weight is 473 g/mol. The first-order valence-corrected chi connectivity index (χ1v) is 13.4. The van der Waals surface area contributed by atoms with Gasteiger partial charge in [-0.25, -0.2) is 8.78 Å². The van der Waals surface area contributed by atoms with Crippen LogP contribution in [0.1, 0.15) is 65.7 Å². The highest BCUT2D eigenvalue weighted by Crippen LogP contribution is 2.76. The van der Waals surface area contributed by atoms with E-state index in [0.29, 0.717) is 35.5 Å². The molecule has 0 radical (unpaired) electrons. The number of carbonyl (C=O) groups excluding carboxylic acids is 1. The van der Waals surface area contributed by atoms with Crippen molar-refractivity contribution < 1.29 is 23.4 Å². The van der Waals surface area contributed by atoms with Gasteiger partial charge in [0.15, 0.2) is 17.3 Å². The third-order valence-electron chi connectivity index (χ3n) is 11.2. The molecule has 0 saturated heterocycles. The Kier molecular flexibility index (Phi) is 5.23. The van der Waals surface area contributed by atoms with Crippen LogP contribution >= 0.6 is 0 Å². The van der Waals surface area contributed by atoms with Crippen molar-refractivity contribution in [2.24, 2.45) is 58.7 Å². The number of aliphatic hydroxyl groups is 1. The lowest BCUT2D eigenvalue weighted by Gasteiger charge is -2.58. The third kappa shape index (κ3) is 3.39. The predicted octanol–water partition coefficient (Wildman–Crippen LogP) is 6.03. The fraction of sp³-hybridized carbons (Fsp3) is 0.759. The van der Waals surface area contributed by atoms with E-state index in [2.05, 4.69) is 13.8 Å². The van der Waals surface area contributed by atoms with Crippen molar-refractivity contribution in [1.29, 1.82) is 0 Å². The van der Waals surface area contributed by atoms with Crippen molar-refractivity contribution in [2.75, 3.05) is 6.61 Å². The molecule has 1 aromatic carbocycles. The molecule has 6 rings (SSSR count). The van der Waals surface area contributed by atoms with Crippen LogP contribution in [0.4, 0.5) is 8.78 Å². The second-order valence-corrected chi connectivity index (χ2v) is 13.0. The van der Waals surface area contributed by atoms with E-state index >= 15 is 0 Å². The molecule has 1 aromatic rings. The predicted molar refractivity (Wildman–Crippen MR) is 125 cm³/mol. The molecule has 5 saturated carbocycles. The number of Topliss-reactive ketones (excluding diaryl/α,β-unsaturated/α-hetero) is 1. The summed E-state index contributed by atoms with van der Waals surface area (Å²) >= 11 is 0. The Morgan fingerprint density at radius 1 is 1.06 bits per heavy atom. The van der Waals surface area contributed by atoms with E-state index in [1.807, 2.05) is 6.92 Å². The maximum atomic E-state index is 14.0. The zero-order valence-corrected chi connectivity index (χ0v) is 20.6. The maximum absolute atomic E-state index is 14.0. The summed E-state index contributed by atoms with van der Waals surface area (Å²) in [7, 11) is 0. The molecule has 3 nitrogen and oxygen atoms in total. The number of hydrogen-bond donors (Lipinski definition) is 1. The standard InChI is InChI=1S/C29H38F2O3/c1-15-24-25(15)27(22(32)14-34-23-7-5-17(30)12-21(23)31)29(3)11-9-19-18-8-10-28(2,33)13-16(18)4-6-20(19)26(24)29/h5,7,12,15-16,18-20,24-27,33H,4,6,8-11,13-14H2,1-3H3/t15-,16+,18-,19+,20+,24+,25-,26+,27-,28+,29-/m0/s1. The maximum Gasteiger partial charge on any atom is 0.174 e. The Bertz CT molecular complexity index is 992. The molecule has 0 bridgehead atoms. The molecule has 34 heavy (non-hydrogen) atoms. The SMILES string of the molecule is C[C@H]1[C@@H]2[C@H]1[C@H](C(=O)COc1ccc(F)cc1F)[C@@]1(C)CC[C@H]3[C@@H](CC[C@@H]4C[C@](C)(O)CC[C@@H]43)[C@H]21. The van der Waals surface area contributed by atoms with Gasteiger partial charge in [0.2, 0.25) is 0 Å². The molecular formula is C29H38F2O3. The van der Waals surface area contributed by atoms with Crippen LogP contribution in [0.25, 0.3) is 0 Å². The molecule has 186 valence electrons. The number of rotatable bonds is 4. The summed E-state index contributed by atoms with van der Waals surface area (Å²) in [5.74, 6) is 3.62. The molecule has 5 aliphatic carbocycles. The summed E-state index contributed by atoms with van der Waals surface area (Å²) in [6.07, 6.45) is 7.73. The summed E-state index contributed by atoms with van der Waals surface area (Å²) in [4.78, 5) is 13.5. The van der Waals surface area contributed by atoms with Crippen LogP contribution in [0.3, 0.4) is 0 Å². The Morgan fingerprint density at radius 3 is 2.59 bits per heavy atom. The fourth-order valence-electron chi connectivity index (χ4n) is 9.92.